The summed E-state index contributed by atoms with van der Waals surface area (Å²) < 4.78 is 4.98. The summed E-state index contributed by atoms with van der Waals surface area (Å²) in [4.78, 5) is 2.54. The number of ether oxygens (including phenoxy) is 1. The number of rotatable bonds is 9. The van der Waals surface area contributed by atoms with Gasteiger partial charge in [-0.05, 0) is 45.2 Å². The van der Waals surface area contributed by atoms with Crippen LogP contribution in [0.4, 0.5) is 0 Å². The highest BCUT2D eigenvalue weighted by Gasteiger charge is 2.18. The molecule has 1 N–H and O–H groups in total. The Kier molecular flexibility index (Phi) is 8.29. The Morgan fingerprint density at radius 3 is 2.94 bits per heavy atom. The quantitative estimate of drug-likeness (QED) is 0.622. The Morgan fingerprint density at radius 2 is 2.25 bits per heavy atom. The Bertz CT molecular complexity index is 163. The molecule has 1 fully saturated rings. The molecule has 1 saturated heterocycles. The van der Waals surface area contributed by atoms with Crippen molar-refractivity contribution in [1.82, 2.24) is 10.2 Å². The van der Waals surface area contributed by atoms with Gasteiger partial charge in [-0.25, -0.2) is 0 Å². The fourth-order valence-corrected chi connectivity index (χ4v) is 3.26. The predicted octanol–water partition coefficient (Wildman–Crippen LogP) is 1.44. The van der Waals surface area contributed by atoms with E-state index >= 15 is 0 Å². The molecule has 0 aromatic carbocycles. The molecule has 1 rings (SSSR count). The minimum Gasteiger partial charge on any atom is -0.383 e. The Balaban J connectivity index is 1.86. The second-order valence-electron chi connectivity index (χ2n) is 4.45. The minimum absolute atomic E-state index is 0.819. The molecule has 0 aromatic heterocycles. The van der Waals surface area contributed by atoms with E-state index in [1.54, 1.807) is 7.11 Å². The normalized spacial score (nSPS) is 20.8. The van der Waals surface area contributed by atoms with Gasteiger partial charge in [-0.15, -0.1) is 0 Å². The lowest BCUT2D eigenvalue weighted by molar-refractivity contribution is 0.199. The van der Waals surface area contributed by atoms with Crippen LogP contribution in [-0.2, 0) is 4.74 Å². The first kappa shape index (κ1) is 14.3. The molecule has 16 heavy (non-hydrogen) atoms. The molecule has 1 aliphatic heterocycles. The van der Waals surface area contributed by atoms with Crippen LogP contribution in [0.1, 0.15) is 19.3 Å². The molecular weight excluding hydrogens is 220 g/mol. The van der Waals surface area contributed by atoms with E-state index in [1.807, 2.05) is 0 Å². The topological polar surface area (TPSA) is 24.5 Å². The van der Waals surface area contributed by atoms with Crippen LogP contribution in [0.25, 0.3) is 0 Å². The Hall–Kier alpha value is 0.230. The zero-order valence-electron chi connectivity index (χ0n) is 10.7. The lowest BCUT2D eigenvalue weighted by Gasteiger charge is -2.23. The SMILES string of the molecule is COCCNCCCCN(C)C1CCSC1. The summed E-state index contributed by atoms with van der Waals surface area (Å²) in [5.41, 5.74) is 0. The molecule has 0 radical (unpaired) electrons. The summed E-state index contributed by atoms with van der Waals surface area (Å²) in [7, 11) is 4.02. The highest BCUT2D eigenvalue weighted by Crippen LogP contribution is 2.21. The second-order valence-corrected chi connectivity index (χ2v) is 5.60. The third kappa shape index (κ3) is 6.09. The van der Waals surface area contributed by atoms with E-state index in [9.17, 15) is 0 Å². The van der Waals surface area contributed by atoms with Gasteiger partial charge in [0.05, 0.1) is 6.61 Å². The van der Waals surface area contributed by atoms with Gasteiger partial charge in [0.25, 0.3) is 0 Å². The fourth-order valence-electron chi connectivity index (χ4n) is 1.96. The van der Waals surface area contributed by atoms with Gasteiger partial charge in [0.15, 0.2) is 0 Å². The van der Waals surface area contributed by atoms with Crippen molar-refractivity contribution in [2.45, 2.75) is 25.3 Å². The lowest BCUT2D eigenvalue weighted by Crippen LogP contribution is -2.32. The van der Waals surface area contributed by atoms with Crippen molar-refractivity contribution in [3.8, 4) is 0 Å². The van der Waals surface area contributed by atoms with Gasteiger partial charge in [-0.1, -0.05) is 0 Å². The van der Waals surface area contributed by atoms with Crippen molar-refractivity contribution in [3.05, 3.63) is 0 Å². The summed E-state index contributed by atoms with van der Waals surface area (Å²) in [6.45, 7) is 4.17. The number of hydrogen-bond donors (Lipinski definition) is 1. The smallest absolute Gasteiger partial charge is 0.0587 e. The van der Waals surface area contributed by atoms with Crippen LogP contribution >= 0.6 is 11.8 Å². The minimum atomic E-state index is 0.819. The molecule has 1 aliphatic rings. The number of unbranched alkanes of at least 4 members (excludes halogenated alkanes) is 1. The van der Waals surface area contributed by atoms with E-state index in [1.165, 1.54) is 37.3 Å². The van der Waals surface area contributed by atoms with Crippen LogP contribution in [0.2, 0.25) is 0 Å². The average molecular weight is 246 g/mol. The van der Waals surface area contributed by atoms with Crippen molar-refractivity contribution in [3.63, 3.8) is 0 Å². The molecule has 0 spiro atoms. The Labute approximate surface area is 104 Å². The van der Waals surface area contributed by atoms with E-state index in [4.69, 9.17) is 4.74 Å². The molecule has 4 heteroatoms. The summed E-state index contributed by atoms with van der Waals surface area (Å²) in [6, 6.07) is 0.839. The van der Waals surface area contributed by atoms with Crippen LogP contribution in [0, 0.1) is 0 Å². The van der Waals surface area contributed by atoms with Gasteiger partial charge in [-0.3, -0.25) is 0 Å². The van der Waals surface area contributed by atoms with Gasteiger partial charge < -0.3 is 15.0 Å². The van der Waals surface area contributed by atoms with E-state index in [-0.39, 0.29) is 0 Å². The summed E-state index contributed by atoms with van der Waals surface area (Å²) in [5.74, 6) is 2.69. The largest absolute Gasteiger partial charge is 0.383 e. The molecule has 1 heterocycles. The molecule has 96 valence electrons. The molecule has 0 bridgehead atoms. The van der Waals surface area contributed by atoms with Gasteiger partial charge in [0, 0.05) is 25.4 Å². The average Bonchev–Trinajstić information content (AvgIpc) is 2.81. The lowest BCUT2D eigenvalue weighted by atomic mass is 10.2. The molecule has 0 aromatic rings. The first-order chi connectivity index (χ1) is 7.84. The predicted molar refractivity (Wildman–Crippen MR) is 72.3 cm³/mol. The van der Waals surface area contributed by atoms with E-state index < -0.39 is 0 Å². The molecule has 1 unspecified atom stereocenters. The van der Waals surface area contributed by atoms with E-state index in [2.05, 4.69) is 29.0 Å². The standard InChI is InChI=1S/C12H26N2OS/c1-14(12-5-10-16-11-12)8-4-3-6-13-7-9-15-2/h12-13H,3-11H2,1-2H3. The first-order valence-electron chi connectivity index (χ1n) is 6.32. The van der Waals surface area contributed by atoms with Crippen LogP contribution in [0.15, 0.2) is 0 Å². The zero-order chi connectivity index (χ0) is 11.6. The van der Waals surface area contributed by atoms with Crippen molar-refractivity contribution >= 4 is 11.8 Å². The molecule has 3 nitrogen and oxygen atoms in total. The number of hydrogen-bond acceptors (Lipinski definition) is 4. The maximum absolute atomic E-state index is 4.98. The van der Waals surface area contributed by atoms with Gasteiger partial charge >= 0.3 is 0 Å². The fraction of sp³-hybridized carbons (Fsp3) is 1.00. The van der Waals surface area contributed by atoms with Crippen LogP contribution in [-0.4, -0.2) is 62.8 Å². The Morgan fingerprint density at radius 1 is 1.38 bits per heavy atom. The second kappa shape index (κ2) is 9.28. The summed E-state index contributed by atoms with van der Waals surface area (Å²) in [5, 5.41) is 3.38. The number of methoxy groups -OCH3 is 1. The van der Waals surface area contributed by atoms with Crippen molar-refractivity contribution in [1.29, 1.82) is 0 Å². The molecule has 0 aliphatic carbocycles. The van der Waals surface area contributed by atoms with Crippen molar-refractivity contribution in [2.75, 3.05) is 51.9 Å². The third-order valence-electron chi connectivity index (χ3n) is 3.13. The van der Waals surface area contributed by atoms with Gasteiger partial charge in [0.1, 0.15) is 0 Å². The summed E-state index contributed by atoms with van der Waals surface area (Å²) >= 11 is 2.10. The number of nitrogens with one attached hydrogen (secondary N) is 1. The highest BCUT2D eigenvalue weighted by molar-refractivity contribution is 7.99. The van der Waals surface area contributed by atoms with E-state index in [0.717, 1.165) is 25.7 Å². The molecule has 0 amide bonds. The summed E-state index contributed by atoms with van der Waals surface area (Å²) in [6.07, 6.45) is 3.96. The maximum atomic E-state index is 4.98. The number of thioether (sulfide) groups is 1. The van der Waals surface area contributed by atoms with Crippen molar-refractivity contribution in [2.24, 2.45) is 0 Å². The van der Waals surface area contributed by atoms with Gasteiger partial charge in [0.2, 0.25) is 0 Å². The van der Waals surface area contributed by atoms with Crippen LogP contribution < -0.4 is 5.32 Å². The zero-order valence-corrected chi connectivity index (χ0v) is 11.5. The molecular formula is C12H26N2OS. The van der Waals surface area contributed by atoms with Gasteiger partial charge in [-0.2, -0.15) is 11.8 Å². The highest BCUT2D eigenvalue weighted by atomic mass is 32.2. The maximum Gasteiger partial charge on any atom is 0.0587 e. The number of nitrogens with zero attached hydrogens (tertiary/aromatic N) is 1. The van der Waals surface area contributed by atoms with Crippen LogP contribution in [0.5, 0.6) is 0 Å². The molecule has 0 saturated carbocycles. The van der Waals surface area contributed by atoms with Crippen LogP contribution in [0.3, 0.4) is 0 Å². The molecule has 1 atom stereocenters. The monoisotopic (exact) mass is 246 g/mol. The third-order valence-corrected chi connectivity index (χ3v) is 4.27. The van der Waals surface area contributed by atoms with E-state index in [0.29, 0.717) is 0 Å². The van der Waals surface area contributed by atoms with Crippen molar-refractivity contribution < 1.29 is 4.74 Å². The first-order valence-corrected chi connectivity index (χ1v) is 7.47.